The van der Waals surface area contributed by atoms with Gasteiger partial charge < -0.3 is 5.11 Å². The molecule has 0 amide bonds. The fourth-order valence-electron chi connectivity index (χ4n) is 1.94. The number of rotatable bonds is 0. The number of benzene rings is 1. The van der Waals surface area contributed by atoms with E-state index in [4.69, 9.17) is 5.26 Å². The van der Waals surface area contributed by atoms with Crippen LogP contribution in [0.25, 0.3) is 21.8 Å². The van der Waals surface area contributed by atoms with E-state index in [0.717, 1.165) is 5.39 Å². The molecule has 0 saturated heterocycles. The van der Waals surface area contributed by atoms with Gasteiger partial charge >= 0.3 is 0 Å². The molecule has 0 aliphatic heterocycles. The summed E-state index contributed by atoms with van der Waals surface area (Å²) in [6.07, 6.45) is 0. The van der Waals surface area contributed by atoms with Crippen molar-refractivity contribution >= 4 is 21.8 Å². The Balaban J connectivity index is 2.62. The second-order valence-electron chi connectivity index (χ2n) is 3.87. The molecule has 3 rings (SSSR count). The Morgan fingerprint density at radius 3 is 2.89 bits per heavy atom. The van der Waals surface area contributed by atoms with Crippen LogP contribution in [-0.4, -0.2) is 15.1 Å². The number of nitriles is 1. The summed E-state index contributed by atoms with van der Waals surface area (Å²) in [5.41, 5.74) is 0.169. The topological polar surface area (TPSA) is 89.8 Å². The molecule has 86 valence electrons. The molecule has 0 bridgehead atoms. The molecule has 0 radical (unpaired) electrons. The molecule has 2 heterocycles. The first-order chi connectivity index (χ1) is 8.70. The Labute approximate surface area is 101 Å². The van der Waals surface area contributed by atoms with Crippen molar-refractivity contribution in [3.8, 4) is 11.9 Å². The maximum absolute atomic E-state index is 11.5. The Morgan fingerprint density at radius 2 is 2.11 bits per heavy atom. The third-order valence-corrected chi connectivity index (χ3v) is 2.79. The number of fused-ring (bicyclic) bond motifs is 2. The number of aromatic nitrogens is 2. The van der Waals surface area contributed by atoms with Crippen LogP contribution in [0.3, 0.4) is 0 Å². The zero-order valence-corrected chi connectivity index (χ0v) is 9.14. The molecular weight excluding hydrogens is 230 g/mol. The maximum Gasteiger partial charge on any atom is 0.270 e. The van der Waals surface area contributed by atoms with Gasteiger partial charge in [-0.1, -0.05) is 18.2 Å². The highest BCUT2D eigenvalue weighted by atomic mass is 16.3. The van der Waals surface area contributed by atoms with E-state index < -0.39 is 5.56 Å². The zero-order valence-electron chi connectivity index (χ0n) is 9.14. The predicted molar refractivity (Wildman–Crippen MR) is 66.2 cm³/mol. The maximum atomic E-state index is 11.5. The van der Waals surface area contributed by atoms with Gasteiger partial charge in [-0.15, -0.1) is 0 Å². The van der Waals surface area contributed by atoms with Crippen LogP contribution in [0.2, 0.25) is 0 Å². The lowest BCUT2D eigenvalue weighted by molar-refractivity contribution is 0.458. The lowest BCUT2D eigenvalue weighted by atomic mass is 10.1. The molecule has 5 nitrogen and oxygen atoms in total. The number of aromatic amines is 1. The van der Waals surface area contributed by atoms with Crippen molar-refractivity contribution in [1.82, 2.24) is 9.97 Å². The molecule has 0 atom stereocenters. The van der Waals surface area contributed by atoms with E-state index in [9.17, 15) is 9.90 Å². The Bertz CT molecular complexity index is 875. The Hall–Kier alpha value is -2.87. The third kappa shape index (κ3) is 1.33. The van der Waals surface area contributed by atoms with Gasteiger partial charge in [0, 0.05) is 5.39 Å². The largest absolute Gasteiger partial charge is 0.494 e. The van der Waals surface area contributed by atoms with Crippen LogP contribution in [0.4, 0.5) is 0 Å². The summed E-state index contributed by atoms with van der Waals surface area (Å²) in [5, 5.41) is 19.9. The number of aromatic hydroxyl groups is 1. The monoisotopic (exact) mass is 237 g/mol. The number of nitrogens with one attached hydrogen (secondary N) is 1. The van der Waals surface area contributed by atoms with Crippen LogP contribution < -0.4 is 5.56 Å². The molecule has 0 fully saturated rings. The molecule has 5 heteroatoms. The molecule has 0 saturated carbocycles. The molecule has 3 aromatic rings. The fourth-order valence-corrected chi connectivity index (χ4v) is 1.94. The van der Waals surface area contributed by atoms with Crippen molar-refractivity contribution in [2.75, 3.05) is 0 Å². The molecule has 0 unspecified atom stereocenters. The Kier molecular flexibility index (Phi) is 2.04. The number of hydrogen-bond donors (Lipinski definition) is 2. The van der Waals surface area contributed by atoms with Gasteiger partial charge in [-0.3, -0.25) is 9.78 Å². The minimum Gasteiger partial charge on any atom is -0.494 e. The zero-order chi connectivity index (χ0) is 12.7. The van der Waals surface area contributed by atoms with Gasteiger partial charge in [0.2, 0.25) is 5.88 Å². The quantitative estimate of drug-likeness (QED) is 0.582. The second kappa shape index (κ2) is 3.57. The smallest absolute Gasteiger partial charge is 0.270 e. The van der Waals surface area contributed by atoms with Crippen molar-refractivity contribution in [2.45, 2.75) is 0 Å². The molecule has 0 aliphatic rings. The highest BCUT2D eigenvalue weighted by molar-refractivity contribution is 5.97. The molecule has 18 heavy (non-hydrogen) atoms. The van der Waals surface area contributed by atoms with Gasteiger partial charge in [0.25, 0.3) is 5.56 Å². The fraction of sp³-hybridized carbons (Fsp3) is 0. The van der Waals surface area contributed by atoms with E-state index in [1.54, 1.807) is 12.1 Å². The highest BCUT2D eigenvalue weighted by Gasteiger charge is 2.12. The number of pyridine rings is 2. The van der Waals surface area contributed by atoms with Gasteiger partial charge in [0.15, 0.2) is 0 Å². The first-order valence-electron chi connectivity index (χ1n) is 5.25. The Morgan fingerprint density at radius 1 is 1.33 bits per heavy atom. The molecule has 0 aliphatic carbocycles. The summed E-state index contributed by atoms with van der Waals surface area (Å²) in [6, 6.07) is 10.8. The van der Waals surface area contributed by atoms with Crippen molar-refractivity contribution in [3.05, 3.63) is 46.2 Å². The van der Waals surface area contributed by atoms with E-state index in [1.807, 2.05) is 24.3 Å². The number of nitrogens with zero attached hydrogens (tertiary/aromatic N) is 2. The SMILES string of the molecule is N#Cc1c(=O)[nH]c(O)c2cc3ccccc3nc12. The van der Waals surface area contributed by atoms with Gasteiger partial charge in [-0.25, -0.2) is 4.98 Å². The number of H-pyrrole nitrogens is 1. The van der Waals surface area contributed by atoms with E-state index in [-0.39, 0.29) is 17.0 Å². The highest BCUT2D eigenvalue weighted by Crippen LogP contribution is 2.25. The van der Waals surface area contributed by atoms with E-state index in [2.05, 4.69) is 9.97 Å². The van der Waals surface area contributed by atoms with Gasteiger partial charge in [-0.05, 0) is 12.1 Å². The summed E-state index contributed by atoms with van der Waals surface area (Å²) in [4.78, 5) is 18.0. The van der Waals surface area contributed by atoms with Crippen molar-refractivity contribution in [2.24, 2.45) is 0 Å². The lowest BCUT2D eigenvalue weighted by Crippen LogP contribution is -2.10. The van der Waals surface area contributed by atoms with Crippen molar-refractivity contribution in [3.63, 3.8) is 0 Å². The molecule has 0 spiro atoms. The summed E-state index contributed by atoms with van der Waals surface area (Å²) in [7, 11) is 0. The first kappa shape index (κ1) is 10.3. The number of para-hydroxylation sites is 1. The van der Waals surface area contributed by atoms with Crippen LogP contribution in [0.5, 0.6) is 5.88 Å². The predicted octanol–water partition coefficient (Wildman–Crippen LogP) is 1.65. The van der Waals surface area contributed by atoms with Crippen molar-refractivity contribution < 1.29 is 5.11 Å². The molecule has 1 aromatic carbocycles. The number of hydrogen-bond acceptors (Lipinski definition) is 4. The van der Waals surface area contributed by atoms with Crippen LogP contribution in [-0.2, 0) is 0 Å². The average molecular weight is 237 g/mol. The molecular formula is C13H7N3O2. The van der Waals surface area contributed by atoms with Crippen LogP contribution >= 0.6 is 0 Å². The van der Waals surface area contributed by atoms with Crippen molar-refractivity contribution in [1.29, 1.82) is 5.26 Å². The normalized spacial score (nSPS) is 10.6. The van der Waals surface area contributed by atoms with Crippen LogP contribution in [0.1, 0.15) is 5.56 Å². The van der Waals surface area contributed by atoms with Gasteiger partial charge in [0.05, 0.1) is 16.4 Å². The third-order valence-electron chi connectivity index (χ3n) is 2.79. The first-order valence-corrected chi connectivity index (χ1v) is 5.25. The van der Waals surface area contributed by atoms with Crippen LogP contribution in [0.15, 0.2) is 35.1 Å². The van der Waals surface area contributed by atoms with Gasteiger partial charge in [0.1, 0.15) is 11.6 Å². The van der Waals surface area contributed by atoms with Crippen LogP contribution in [0, 0.1) is 11.3 Å². The van der Waals surface area contributed by atoms with Gasteiger partial charge in [-0.2, -0.15) is 5.26 Å². The summed E-state index contributed by atoms with van der Waals surface area (Å²) in [6.45, 7) is 0. The van der Waals surface area contributed by atoms with E-state index in [0.29, 0.717) is 10.9 Å². The summed E-state index contributed by atoms with van der Waals surface area (Å²) in [5.74, 6) is -0.271. The minimum atomic E-state index is -0.634. The second-order valence-corrected chi connectivity index (χ2v) is 3.87. The van der Waals surface area contributed by atoms with E-state index in [1.165, 1.54) is 0 Å². The molecule has 2 N–H and O–H groups in total. The molecule has 2 aromatic heterocycles. The van der Waals surface area contributed by atoms with E-state index >= 15 is 0 Å². The minimum absolute atomic E-state index is 0.0893. The lowest BCUT2D eigenvalue weighted by Gasteiger charge is -2.04. The standard InChI is InChI=1S/C13H7N3O2/c14-6-9-11-8(12(17)16-13(9)18)5-7-3-1-2-4-10(7)15-11/h1-5H,(H2,16,17,18). The summed E-state index contributed by atoms with van der Waals surface area (Å²) >= 11 is 0. The summed E-state index contributed by atoms with van der Waals surface area (Å²) < 4.78 is 0. The average Bonchev–Trinajstić information content (AvgIpc) is 2.37.